The molecular formula is C24H24N2O4S. The number of ketones is 1. The number of fused-ring (bicyclic) bond motifs is 1. The highest BCUT2D eigenvalue weighted by molar-refractivity contribution is 7.09. The highest BCUT2D eigenvalue weighted by Gasteiger charge is 2.33. The van der Waals surface area contributed by atoms with E-state index in [0.717, 1.165) is 28.2 Å². The van der Waals surface area contributed by atoms with Gasteiger partial charge < -0.3 is 9.47 Å². The molecule has 160 valence electrons. The summed E-state index contributed by atoms with van der Waals surface area (Å²) in [5.74, 6) is 0.237. The number of benzene rings is 2. The predicted octanol–water partition coefficient (Wildman–Crippen LogP) is 4.30. The molecule has 1 unspecified atom stereocenters. The van der Waals surface area contributed by atoms with E-state index in [-0.39, 0.29) is 18.2 Å². The summed E-state index contributed by atoms with van der Waals surface area (Å²) in [6.45, 7) is 4.25. The standard InChI is InChI=1S/C24H24N2O4S/c1-15-4-6-17(7-5-15)21(27)13-26-20-12-18(8-9-22(20)30-16(2)24(26)28)19-14-31-23(25-19)10-11-29-3/h4-9,12,14,16H,10-11,13H2,1-3H3. The number of anilines is 1. The molecule has 1 aliphatic rings. The zero-order valence-corrected chi connectivity index (χ0v) is 18.6. The van der Waals surface area contributed by atoms with Gasteiger partial charge in [0, 0.05) is 30.0 Å². The Balaban J connectivity index is 1.64. The molecule has 0 saturated heterocycles. The third-order valence-corrected chi connectivity index (χ3v) is 6.12. The Morgan fingerprint density at radius 2 is 2.00 bits per heavy atom. The molecule has 1 amide bonds. The number of carbonyl (C=O) groups excluding carboxylic acids is 2. The van der Waals surface area contributed by atoms with Crippen LogP contribution in [0.25, 0.3) is 11.3 Å². The van der Waals surface area contributed by atoms with Crippen molar-refractivity contribution in [2.75, 3.05) is 25.2 Å². The zero-order chi connectivity index (χ0) is 22.0. The van der Waals surface area contributed by atoms with E-state index in [2.05, 4.69) is 4.98 Å². The summed E-state index contributed by atoms with van der Waals surface area (Å²) in [5, 5.41) is 2.98. The van der Waals surface area contributed by atoms with E-state index in [0.29, 0.717) is 23.6 Å². The molecule has 0 aliphatic carbocycles. The third-order valence-electron chi connectivity index (χ3n) is 5.21. The predicted molar refractivity (Wildman–Crippen MR) is 121 cm³/mol. The molecule has 3 aromatic rings. The number of amides is 1. The maximum Gasteiger partial charge on any atom is 0.268 e. The van der Waals surface area contributed by atoms with Crippen LogP contribution >= 0.6 is 11.3 Å². The largest absolute Gasteiger partial charge is 0.479 e. The monoisotopic (exact) mass is 436 g/mol. The smallest absolute Gasteiger partial charge is 0.268 e. The van der Waals surface area contributed by atoms with Crippen molar-refractivity contribution < 1.29 is 19.1 Å². The Labute approximate surface area is 185 Å². The van der Waals surface area contributed by atoms with E-state index in [9.17, 15) is 9.59 Å². The van der Waals surface area contributed by atoms with Gasteiger partial charge in [-0.05, 0) is 32.0 Å². The highest BCUT2D eigenvalue weighted by Crippen LogP contribution is 2.38. The minimum absolute atomic E-state index is 0.0395. The lowest BCUT2D eigenvalue weighted by Gasteiger charge is -2.33. The van der Waals surface area contributed by atoms with Crippen LogP contribution in [0.4, 0.5) is 5.69 Å². The fraction of sp³-hybridized carbons (Fsp3) is 0.292. The number of hydrogen-bond donors (Lipinski definition) is 0. The molecule has 1 aromatic heterocycles. The molecule has 4 rings (SSSR count). The number of nitrogens with zero attached hydrogens (tertiary/aromatic N) is 2. The molecule has 1 atom stereocenters. The van der Waals surface area contributed by atoms with Gasteiger partial charge in [-0.15, -0.1) is 11.3 Å². The fourth-order valence-electron chi connectivity index (χ4n) is 3.45. The third kappa shape index (κ3) is 4.52. The van der Waals surface area contributed by atoms with Crippen LogP contribution in [0.3, 0.4) is 0 Å². The number of carbonyl (C=O) groups is 2. The number of Topliss-reactive ketones (excluding diaryl/α,β-unsaturated/α-hetero) is 1. The van der Waals surface area contributed by atoms with Crippen molar-refractivity contribution in [1.29, 1.82) is 0 Å². The Morgan fingerprint density at radius 1 is 1.23 bits per heavy atom. The lowest BCUT2D eigenvalue weighted by Crippen LogP contribution is -2.46. The topological polar surface area (TPSA) is 68.7 Å². The second-order valence-corrected chi connectivity index (χ2v) is 8.47. The molecule has 6 nitrogen and oxygen atoms in total. The van der Waals surface area contributed by atoms with Crippen molar-refractivity contribution in [2.24, 2.45) is 0 Å². The number of hydrogen-bond acceptors (Lipinski definition) is 6. The normalized spacial score (nSPS) is 15.5. The summed E-state index contributed by atoms with van der Waals surface area (Å²) in [6.07, 6.45) is 0.103. The second kappa shape index (κ2) is 8.99. The first-order valence-electron chi connectivity index (χ1n) is 10.1. The van der Waals surface area contributed by atoms with Gasteiger partial charge in [-0.25, -0.2) is 4.98 Å². The number of aromatic nitrogens is 1. The van der Waals surface area contributed by atoms with Crippen molar-refractivity contribution in [2.45, 2.75) is 26.4 Å². The van der Waals surface area contributed by atoms with Gasteiger partial charge in [-0.1, -0.05) is 29.8 Å². The van der Waals surface area contributed by atoms with Gasteiger partial charge in [0.1, 0.15) is 5.75 Å². The number of ether oxygens (including phenoxy) is 2. The number of rotatable bonds is 7. The first-order chi connectivity index (χ1) is 15.0. The van der Waals surface area contributed by atoms with E-state index < -0.39 is 6.10 Å². The van der Waals surface area contributed by atoms with Gasteiger partial charge in [0.15, 0.2) is 11.9 Å². The zero-order valence-electron chi connectivity index (χ0n) is 17.8. The quantitative estimate of drug-likeness (QED) is 0.517. The van der Waals surface area contributed by atoms with Crippen molar-refractivity contribution >= 4 is 28.7 Å². The number of methoxy groups -OCH3 is 1. The van der Waals surface area contributed by atoms with E-state index in [4.69, 9.17) is 9.47 Å². The van der Waals surface area contributed by atoms with Gasteiger partial charge in [0.2, 0.25) is 0 Å². The molecule has 0 spiro atoms. The van der Waals surface area contributed by atoms with Gasteiger partial charge >= 0.3 is 0 Å². The molecule has 0 radical (unpaired) electrons. The second-order valence-electron chi connectivity index (χ2n) is 7.53. The van der Waals surface area contributed by atoms with Crippen LogP contribution in [0, 0.1) is 6.92 Å². The lowest BCUT2D eigenvalue weighted by molar-refractivity contribution is -0.125. The van der Waals surface area contributed by atoms with Crippen molar-refractivity contribution in [1.82, 2.24) is 4.98 Å². The molecule has 2 aromatic carbocycles. The van der Waals surface area contributed by atoms with Crippen LogP contribution < -0.4 is 9.64 Å². The Hall–Kier alpha value is -3.03. The Kier molecular flexibility index (Phi) is 6.15. The van der Waals surface area contributed by atoms with Gasteiger partial charge in [0.25, 0.3) is 5.91 Å². The minimum Gasteiger partial charge on any atom is -0.479 e. The molecular weight excluding hydrogens is 412 g/mol. The molecule has 7 heteroatoms. The number of aryl methyl sites for hydroxylation is 1. The van der Waals surface area contributed by atoms with Crippen LogP contribution in [0.1, 0.15) is 27.9 Å². The van der Waals surface area contributed by atoms with Crippen LogP contribution in [-0.2, 0) is 16.0 Å². The molecule has 0 N–H and O–H groups in total. The van der Waals surface area contributed by atoms with E-state index in [1.165, 1.54) is 4.90 Å². The van der Waals surface area contributed by atoms with E-state index in [1.807, 2.05) is 42.6 Å². The summed E-state index contributed by atoms with van der Waals surface area (Å²) in [4.78, 5) is 32.0. The summed E-state index contributed by atoms with van der Waals surface area (Å²) < 4.78 is 10.9. The highest BCUT2D eigenvalue weighted by atomic mass is 32.1. The van der Waals surface area contributed by atoms with E-state index >= 15 is 0 Å². The van der Waals surface area contributed by atoms with Crippen LogP contribution in [0.2, 0.25) is 0 Å². The minimum atomic E-state index is -0.649. The Bertz CT molecular complexity index is 1110. The number of thiazole rings is 1. The van der Waals surface area contributed by atoms with Crippen LogP contribution in [0.5, 0.6) is 5.75 Å². The van der Waals surface area contributed by atoms with Crippen LogP contribution in [-0.4, -0.2) is 43.0 Å². The molecule has 2 heterocycles. The first-order valence-corrected chi connectivity index (χ1v) is 11.0. The summed E-state index contributed by atoms with van der Waals surface area (Å²) >= 11 is 1.58. The average molecular weight is 437 g/mol. The SMILES string of the molecule is COCCc1nc(-c2ccc3c(c2)N(CC(=O)c2ccc(C)cc2)C(=O)C(C)O3)cs1. The van der Waals surface area contributed by atoms with Crippen molar-refractivity contribution in [3.05, 3.63) is 64.0 Å². The van der Waals surface area contributed by atoms with E-state index in [1.54, 1.807) is 37.5 Å². The summed E-state index contributed by atoms with van der Waals surface area (Å²) in [5.41, 5.74) is 3.95. The maximum atomic E-state index is 12.9. The Morgan fingerprint density at radius 3 is 2.74 bits per heavy atom. The average Bonchev–Trinajstić information content (AvgIpc) is 3.24. The maximum absolute atomic E-state index is 12.9. The summed E-state index contributed by atoms with van der Waals surface area (Å²) in [7, 11) is 1.67. The molecule has 0 bridgehead atoms. The first kappa shape index (κ1) is 21.2. The van der Waals surface area contributed by atoms with Crippen LogP contribution in [0.15, 0.2) is 47.8 Å². The van der Waals surface area contributed by atoms with Crippen molar-refractivity contribution in [3.8, 4) is 17.0 Å². The van der Waals surface area contributed by atoms with Gasteiger partial charge in [0.05, 0.1) is 29.5 Å². The van der Waals surface area contributed by atoms with Gasteiger partial charge in [-0.2, -0.15) is 0 Å². The van der Waals surface area contributed by atoms with Gasteiger partial charge in [-0.3, -0.25) is 14.5 Å². The molecule has 0 fully saturated rings. The summed E-state index contributed by atoms with van der Waals surface area (Å²) in [6, 6.07) is 13.0. The van der Waals surface area contributed by atoms with Crippen molar-refractivity contribution in [3.63, 3.8) is 0 Å². The molecule has 31 heavy (non-hydrogen) atoms. The lowest BCUT2D eigenvalue weighted by atomic mass is 10.1. The molecule has 0 saturated carbocycles. The fourth-order valence-corrected chi connectivity index (χ4v) is 4.24. The molecule has 1 aliphatic heterocycles.